The topological polar surface area (TPSA) is 93.5 Å². The van der Waals surface area contributed by atoms with Crippen LogP contribution in [0.5, 0.6) is 5.75 Å². The quantitative estimate of drug-likeness (QED) is 0.638. The van der Waals surface area contributed by atoms with Gasteiger partial charge in [-0.25, -0.2) is 17.7 Å². The maximum atomic E-state index is 12.3. The molecule has 3 aromatic rings. The lowest BCUT2D eigenvalue weighted by Gasteiger charge is -2.10. The average molecular weight is 417 g/mol. The second-order valence-electron chi connectivity index (χ2n) is 6.80. The van der Waals surface area contributed by atoms with Gasteiger partial charge in [-0.2, -0.15) is 0 Å². The Kier molecular flexibility index (Phi) is 5.90. The third-order valence-electron chi connectivity index (χ3n) is 4.67. The van der Waals surface area contributed by atoms with Crippen LogP contribution in [0.3, 0.4) is 0 Å². The smallest absolute Gasteiger partial charge is 0.242 e. The number of carbonyl (C=O) groups is 1. The summed E-state index contributed by atoms with van der Waals surface area (Å²) in [5.74, 6) is 1.31. The Morgan fingerprint density at radius 3 is 2.48 bits per heavy atom. The number of nitrogens with one attached hydrogen (secondary N) is 1. The van der Waals surface area contributed by atoms with E-state index in [4.69, 9.17) is 4.74 Å². The molecule has 0 radical (unpaired) electrons. The fourth-order valence-electron chi connectivity index (χ4n) is 2.95. The van der Waals surface area contributed by atoms with Gasteiger partial charge in [0, 0.05) is 39.7 Å². The molecule has 0 fully saturated rings. The van der Waals surface area contributed by atoms with E-state index in [0.717, 1.165) is 11.3 Å². The molecule has 1 aromatic heterocycles. The van der Waals surface area contributed by atoms with E-state index in [9.17, 15) is 13.2 Å². The van der Waals surface area contributed by atoms with Gasteiger partial charge in [0.05, 0.1) is 23.0 Å². The number of hydrogen-bond donors (Lipinski definition) is 1. The molecule has 8 nitrogen and oxygen atoms in total. The van der Waals surface area contributed by atoms with Gasteiger partial charge in [-0.3, -0.25) is 4.79 Å². The van der Waals surface area contributed by atoms with Crippen molar-refractivity contribution in [3.05, 3.63) is 48.3 Å². The minimum Gasteiger partial charge on any atom is -0.497 e. The highest BCUT2D eigenvalue weighted by molar-refractivity contribution is 7.89. The summed E-state index contributed by atoms with van der Waals surface area (Å²) in [6.07, 6.45) is 0.689. The van der Waals surface area contributed by atoms with Gasteiger partial charge in [0.1, 0.15) is 11.6 Å². The van der Waals surface area contributed by atoms with Crippen molar-refractivity contribution in [2.75, 3.05) is 26.5 Å². The van der Waals surface area contributed by atoms with Gasteiger partial charge in [-0.15, -0.1) is 0 Å². The van der Waals surface area contributed by atoms with Crippen molar-refractivity contribution in [1.29, 1.82) is 0 Å². The third-order valence-corrected chi connectivity index (χ3v) is 6.48. The van der Waals surface area contributed by atoms with Crippen molar-refractivity contribution in [2.24, 2.45) is 7.05 Å². The van der Waals surface area contributed by atoms with Crippen molar-refractivity contribution in [3.8, 4) is 5.75 Å². The summed E-state index contributed by atoms with van der Waals surface area (Å²) in [5.41, 5.74) is 2.09. The molecule has 1 amide bonds. The largest absolute Gasteiger partial charge is 0.497 e. The molecule has 0 saturated heterocycles. The Hall–Kier alpha value is -2.91. The number of aryl methyl sites for hydroxylation is 2. The van der Waals surface area contributed by atoms with Gasteiger partial charge in [-0.05, 0) is 42.5 Å². The normalized spacial score (nSPS) is 11.8. The number of carbonyl (C=O) groups excluding carboxylic acids is 1. The van der Waals surface area contributed by atoms with Crippen molar-refractivity contribution in [1.82, 2.24) is 13.9 Å². The van der Waals surface area contributed by atoms with Crippen LogP contribution < -0.4 is 10.1 Å². The van der Waals surface area contributed by atoms with Crippen LogP contribution in [0.1, 0.15) is 12.2 Å². The monoisotopic (exact) mass is 416 g/mol. The molecule has 0 unspecified atom stereocenters. The molecule has 1 heterocycles. The number of methoxy groups -OCH3 is 1. The minimum atomic E-state index is -3.53. The first kappa shape index (κ1) is 20.8. The van der Waals surface area contributed by atoms with Crippen LogP contribution in [-0.4, -0.2) is 49.4 Å². The van der Waals surface area contributed by atoms with Crippen LogP contribution in [0.2, 0.25) is 0 Å². The molecule has 0 bridgehead atoms. The Bertz CT molecular complexity index is 1140. The fourth-order valence-corrected chi connectivity index (χ4v) is 3.87. The summed E-state index contributed by atoms with van der Waals surface area (Å²) in [6.45, 7) is 0. The predicted molar refractivity (Wildman–Crippen MR) is 112 cm³/mol. The number of benzene rings is 2. The first-order valence-electron chi connectivity index (χ1n) is 9.04. The van der Waals surface area contributed by atoms with Crippen LogP contribution in [0.4, 0.5) is 5.69 Å². The second kappa shape index (κ2) is 8.22. The Balaban J connectivity index is 1.72. The summed E-state index contributed by atoms with van der Waals surface area (Å²) >= 11 is 0. The van der Waals surface area contributed by atoms with Crippen LogP contribution >= 0.6 is 0 Å². The van der Waals surface area contributed by atoms with E-state index in [2.05, 4.69) is 10.3 Å². The minimum absolute atomic E-state index is 0.127. The number of aromatic nitrogens is 2. The zero-order valence-corrected chi connectivity index (χ0v) is 17.7. The van der Waals surface area contributed by atoms with Crippen LogP contribution in [0, 0.1) is 0 Å². The lowest BCUT2D eigenvalue weighted by molar-refractivity contribution is -0.116. The number of anilines is 1. The van der Waals surface area contributed by atoms with E-state index in [1.807, 2.05) is 11.6 Å². The molecule has 0 aliphatic rings. The van der Waals surface area contributed by atoms with Gasteiger partial charge in [0.2, 0.25) is 15.9 Å². The highest BCUT2D eigenvalue weighted by Gasteiger charge is 2.19. The van der Waals surface area contributed by atoms with Gasteiger partial charge >= 0.3 is 0 Å². The number of sulfonamides is 1. The summed E-state index contributed by atoms with van der Waals surface area (Å²) in [6, 6.07) is 12.0. The van der Waals surface area contributed by atoms with E-state index in [0.29, 0.717) is 23.4 Å². The molecule has 1 N–H and O–H groups in total. The predicted octanol–water partition coefficient (Wildman–Crippen LogP) is 2.40. The highest BCUT2D eigenvalue weighted by Crippen LogP contribution is 2.22. The maximum absolute atomic E-state index is 12.3. The molecule has 0 atom stereocenters. The van der Waals surface area contributed by atoms with Gasteiger partial charge in [0.25, 0.3) is 0 Å². The van der Waals surface area contributed by atoms with E-state index < -0.39 is 10.0 Å². The summed E-state index contributed by atoms with van der Waals surface area (Å²) in [7, 11) is 2.90. The molecule has 2 aromatic carbocycles. The number of amides is 1. The van der Waals surface area contributed by atoms with Crippen LogP contribution in [-0.2, 0) is 28.3 Å². The summed E-state index contributed by atoms with van der Waals surface area (Å²) in [4.78, 5) is 17.0. The van der Waals surface area contributed by atoms with Crippen LogP contribution in [0.15, 0.2) is 47.4 Å². The molecule has 0 aliphatic carbocycles. The molecular weight excluding hydrogens is 392 g/mol. The highest BCUT2D eigenvalue weighted by atomic mass is 32.2. The molecule has 0 aliphatic heterocycles. The zero-order chi connectivity index (χ0) is 21.2. The first-order chi connectivity index (χ1) is 13.7. The Morgan fingerprint density at radius 1 is 1.17 bits per heavy atom. The molecule has 9 heteroatoms. The number of imidazole rings is 1. The van der Waals surface area contributed by atoms with Crippen LogP contribution in [0.25, 0.3) is 11.0 Å². The van der Waals surface area contributed by atoms with Gasteiger partial charge in [-0.1, -0.05) is 0 Å². The van der Waals surface area contributed by atoms with Crippen molar-refractivity contribution in [2.45, 2.75) is 17.7 Å². The summed E-state index contributed by atoms with van der Waals surface area (Å²) in [5, 5.41) is 2.84. The molecular formula is C20H24N4O4S. The number of ether oxygens (including phenoxy) is 1. The lowest BCUT2D eigenvalue weighted by Crippen LogP contribution is -2.22. The average Bonchev–Trinajstić information content (AvgIpc) is 3.02. The van der Waals surface area contributed by atoms with Crippen molar-refractivity contribution >= 4 is 32.7 Å². The Labute approximate surface area is 170 Å². The van der Waals surface area contributed by atoms with E-state index in [1.54, 1.807) is 49.6 Å². The summed E-state index contributed by atoms with van der Waals surface area (Å²) < 4.78 is 32.8. The SMILES string of the molecule is COc1ccc(NC(=O)CCc2nc3cc(S(=O)(=O)N(C)C)ccc3n2C)cc1. The number of rotatable bonds is 7. The van der Waals surface area contributed by atoms with Crippen molar-refractivity contribution in [3.63, 3.8) is 0 Å². The zero-order valence-electron chi connectivity index (χ0n) is 16.8. The van der Waals surface area contributed by atoms with E-state index >= 15 is 0 Å². The number of hydrogen-bond acceptors (Lipinski definition) is 5. The van der Waals surface area contributed by atoms with E-state index in [-0.39, 0.29) is 17.2 Å². The van der Waals surface area contributed by atoms with E-state index in [1.165, 1.54) is 18.4 Å². The fraction of sp³-hybridized carbons (Fsp3) is 0.300. The first-order valence-corrected chi connectivity index (χ1v) is 10.5. The number of fused-ring (bicyclic) bond motifs is 1. The third kappa shape index (κ3) is 4.41. The number of nitrogens with zero attached hydrogens (tertiary/aromatic N) is 3. The second-order valence-corrected chi connectivity index (χ2v) is 8.95. The molecule has 154 valence electrons. The molecule has 3 rings (SSSR count). The van der Waals surface area contributed by atoms with Gasteiger partial charge in [0.15, 0.2) is 0 Å². The Morgan fingerprint density at radius 2 is 1.86 bits per heavy atom. The molecule has 0 spiro atoms. The lowest BCUT2D eigenvalue weighted by atomic mass is 10.2. The molecule has 29 heavy (non-hydrogen) atoms. The standard InChI is InChI=1S/C20H24N4O4S/c1-23(2)29(26,27)16-9-10-18-17(13-16)22-19(24(18)3)11-12-20(25)21-14-5-7-15(28-4)8-6-14/h5-10,13H,11-12H2,1-4H3,(H,21,25). The molecule has 0 saturated carbocycles. The van der Waals surface area contributed by atoms with Gasteiger partial charge < -0.3 is 14.6 Å². The van der Waals surface area contributed by atoms with Crippen molar-refractivity contribution < 1.29 is 17.9 Å². The maximum Gasteiger partial charge on any atom is 0.242 e.